The van der Waals surface area contributed by atoms with Crippen LogP contribution in [-0.4, -0.2) is 48.1 Å². The summed E-state index contributed by atoms with van der Waals surface area (Å²) < 4.78 is 5.03. The van der Waals surface area contributed by atoms with E-state index in [9.17, 15) is 19.5 Å². The van der Waals surface area contributed by atoms with Crippen molar-refractivity contribution in [2.45, 2.75) is 25.8 Å². The van der Waals surface area contributed by atoms with E-state index in [2.05, 4.69) is 15.6 Å². The Bertz CT molecular complexity index is 1140. The van der Waals surface area contributed by atoms with Crippen LogP contribution in [-0.2, 0) is 19.1 Å². The summed E-state index contributed by atoms with van der Waals surface area (Å²) >= 11 is 1.28. The van der Waals surface area contributed by atoms with E-state index in [1.54, 1.807) is 35.8 Å². The molecule has 9 nitrogen and oxygen atoms in total. The third kappa shape index (κ3) is 7.36. The van der Waals surface area contributed by atoms with E-state index in [-0.39, 0.29) is 31.0 Å². The van der Waals surface area contributed by atoms with Gasteiger partial charge >= 0.3 is 0 Å². The fraction of sp³-hybridized carbons (Fsp3) is 0.280. The van der Waals surface area contributed by atoms with Crippen molar-refractivity contribution in [2.24, 2.45) is 0 Å². The molecule has 3 rings (SSSR count). The molecule has 0 saturated carbocycles. The lowest BCUT2D eigenvalue weighted by Crippen LogP contribution is -2.45. The van der Waals surface area contributed by atoms with Gasteiger partial charge in [0.05, 0.1) is 6.61 Å². The van der Waals surface area contributed by atoms with Crippen LogP contribution in [0.5, 0.6) is 5.75 Å². The van der Waals surface area contributed by atoms with Gasteiger partial charge in [-0.05, 0) is 42.3 Å². The van der Waals surface area contributed by atoms with Gasteiger partial charge < -0.3 is 20.5 Å². The number of hydrogen-bond acceptors (Lipinski definition) is 7. The van der Waals surface area contributed by atoms with Gasteiger partial charge in [-0.3, -0.25) is 19.3 Å². The van der Waals surface area contributed by atoms with Crippen molar-refractivity contribution in [3.8, 4) is 5.75 Å². The Labute approximate surface area is 207 Å². The van der Waals surface area contributed by atoms with E-state index in [1.807, 2.05) is 19.1 Å². The molecule has 3 amide bonds. The molecule has 2 aromatic carbocycles. The highest BCUT2D eigenvalue weighted by Crippen LogP contribution is 2.30. The molecule has 3 aromatic rings. The van der Waals surface area contributed by atoms with E-state index in [1.165, 1.54) is 35.5 Å². The van der Waals surface area contributed by atoms with Crippen LogP contribution in [0.15, 0.2) is 60.1 Å². The van der Waals surface area contributed by atoms with Crippen molar-refractivity contribution in [2.75, 3.05) is 30.5 Å². The lowest BCUT2D eigenvalue weighted by molar-refractivity contribution is -0.127. The largest absolute Gasteiger partial charge is 0.508 e. The number of aryl methyl sites for hydroxylation is 1. The molecule has 0 fully saturated rings. The van der Waals surface area contributed by atoms with Crippen molar-refractivity contribution in [3.05, 3.63) is 71.2 Å². The minimum atomic E-state index is -1.02. The molecule has 0 spiro atoms. The van der Waals surface area contributed by atoms with Gasteiger partial charge in [0.25, 0.3) is 0 Å². The van der Waals surface area contributed by atoms with Gasteiger partial charge in [-0.25, -0.2) is 4.98 Å². The maximum Gasteiger partial charge on any atom is 0.247 e. The van der Waals surface area contributed by atoms with Gasteiger partial charge in [0.1, 0.15) is 11.8 Å². The van der Waals surface area contributed by atoms with Gasteiger partial charge in [-0.15, -0.1) is 11.3 Å². The normalized spacial score (nSPS) is 11.5. The zero-order chi connectivity index (χ0) is 25.2. The van der Waals surface area contributed by atoms with Crippen molar-refractivity contribution >= 4 is 39.9 Å². The summed E-state index contributed by atoms with van der Waals surface area (Å²) in [6.45, 7) is 2.46. The number of rotatable bonds is 11. The summed E-state index contributed by atoms with van der Waals surface area (Å²) in [7, 11) is 1.53. The third-order valence-corrected chi connectivity index (χ3v) is 5.80. The van der Waals surface area contributed by atoms with Gasteiger partial charge in [0.2, 0.25) is 17.7 Å². The van der Waals surface area contributed by atoms with Crippen LogP contribution < -0.4 is 15.5 Å². The second-order valence-electron chi connectivity index (χ2n) is 7.77. The predicted octanol–water partition coefficient (Wildman–Crippen LogP) is 3.41. The Kier molecular flexibility index (Phi) is 9.33. The van der Waals surface area contributed by atoms with Crippen LogP contribution in [0, 0.1) is 6.92 Å². The first-order valence-electron chi connectivity index (χ1n) is 11.0. The summed E-state index contributed by atoms with van der Waals surface area (Å²) in [4.78, 5) is 44.7. The van der Waals surface area contributed by atoms with Gasteiger partial charge in [-0.2, -0.15) is 0 Å². The number of thiazole rings is 1. The molecular formula is C25H28N4O5S. The highest BCUT2D eigenvalue weighted by Gasteiger charge is 2.33. The smallest absolute Gasteiger partial charge is 0.247 e. The number of aromatic hydroxyl groups is 1. The molecule has 184 valence electrons. The SMILES string of the molecule is COCCNC(=O)[C@@H](c1ccc(O)cc1)N(C(=O)CCC(=O)Nc1nccs1)c1cccc(C)c1. The molecule has 0 bridgehead atoms. The molecule has 0 aliphatic heterocycles. The molecule has 0 aliphatic carbocycles. The Morgan fingerprint density at radius 3 is 2.57 bits per heavy atom. The second-order valence-corrected chi connectivity index (χ2v) is 8.66. The van der Waals surface area contributed by atoms with E-state index < -0.39 is 17.9 Å². The number of phenolic OH excluding ortho intramolecular Hbond substituents is 1. The number of benzene rings is 2. The number of phenols is 1. The second kappa shape index (κ2) is 12.6. The molecule has 1 heterocycles. The topological polar surface area (TPSA) is 121 Å². The van der Waals surface area contributed by atoms with E-state index >= 15 is 0 Å². The molecule has 0 unspecified atom stereocenters. The summed E-state index contributed by atoms with van der Waals surface area (Å²) in [5.74, 6) is -1.11. The zero-order valence-electron chi connectivity index (χ0n) is 19.6. The first-order valence-corrected chi connectivity index (χ1v) is 11.9. The number of amides is 3. The molecule has 0 radical (unpaired) electrons. The summed E-state index contributed by atoms with van der Waals surface area (Å²) in [5.41, 5.74) is 1.95. The van der Waals surface area contributed by atoms with Crippen LogP contribution in [0.3, 0.4) is 0 Å². The van der Waals surface area contributed by atoms with Crippen molar-refractivity contribution in [3.63, 3.8) is 0 Å². The highest BCUT2D eigenvalue weighted by molar-refractivity contribution is 7.13. The third-order valence-electron chi connectivity index (χ3n) is 5.11. The van der Waals surface area contributed by atoms with Gasteiger partial charge in [0, 0.05) is 43.8 Å². The quantitative estimate of drug-likeness (QED) is 0.350. The first kappa shape index (κ1) is 25.9. The number of ether oxygens (including phenoxy) is 1. The minimum Gasteiger partial charge on any atom is -0.508 e. The molecule has 0 aliphatic rings. The maximum absolute atomic E-state index is 13.6. The Balaban J connectivity index is 1.91. The Hall–Kier alpha value is -3.76. The van der Waals surface area contributed by atoms with Crippen LogP contribution in [0.1, 0.15) is 30.0 Å². The summed E-state index contributed by atoms with van der Waals surface area (Å²) in [6, 6.07) is 12.3. The van der Waals surface area contributed by atoms with Crippen LogP contribution in [0.4, 0.5) is 10.8 Å². The first-order chi connectivity index (χ1) is 16.9. The van der Waals surface area contributed by atoms with E-state index in [0.29, 0.717) is 23.0 Å². The molecule has 1 aromatic heterocycles. The van der Waals surface area contributed by atoms with E-state index in [4.69, 9.17) is 4.74 Å². The zero-order valence-corrected chi connectivity index (χ0v) is 20.4. The summed E-state index contributed by atoms with van der Waals surface area (Å²) in [5, 5.41) is 17.4. The van der Waals surface area contributed by atoms with Crippen LogP contribution in [0.2, 0.25) is 0 Å². The van der Waals surface area contributed by atoms with E-state index in [0.717, 1.165) is 5.56 Å². The monoisotopic (exact) mass is 496 g/mol. The fourth-order valence-electron chi connectivity index (χ4n) is 3.47. The number of nitrogens with one attached hydrogen (secondary N) is 2. The average Bonchev–Trinajstić information content (AvgIpc) is 3.35. The van der Waals surface area contributed by atoms with Crippen LogP contribution in [0.25, 0.3) is 0 Å². The molecule has 1 atom stereocenters. The lowest BCUT2D eigenvalue weighted by Gasteiger charge is -2.32. The molecular weight excluding hydrogens is 468 g/mol. The maximum atomic E-state index is 13.6. The minimum absolute atomic E-state index is 0.0413. The number of carbonyl (C=O) groups is 3. The van der Waals surface area contributed by atoms with Crippen molar-refractivity contribution < 1.29 is 24.2 Å². The molecule has 0 saturated heterocycles. The van der Waals surface area contributed by atoms with Gasteiger partial charge in [-0.1, -0.05) is 24.3 Å². The Morgan fingerprint density at radius 2 is 1.91 bits per heavy atom. The molecule has 35 heavy (non-hydrogen) atoms. The standard InChI is InChI=1S/C25H28N4O5S/c1-17-4-3-5-19(16-17)29(22(32)11-10-21(31)28-25-27-13-15-35-25)23(24(33)26-12-14-34-2)18-6-8-20(30)9-7-18/h3-9,13,15-16,23,30H,10-12,14H2,1-2H3,(H,26,33)(H,27,28,31)/t23-/m1/s1. The number of carbonyl (C=O) groups excluding carboxylic acids is 3. The number of hydrogen-bond donors (Lipinski definition) is 3. The Morgan fingerprint density at radius 1 is 1.14 bits per heavy atom. The number of aromatic nitrogens is 1. The molecule has 3 N–H and O–H groups in total. The fourth-order valence-corrected chi connectivity index (χ4v) is 4.02. The van der Waals surface area contributed by atoms with Crippen LogP contribution >= 0.6 is 11.3 Å². The van der Waals surface area contributed by atoms with Crippen molar-refractivity contribution in [1.82, 2.24) is 10.3 Å². The summed E-state index contributed by atoms with van der Waals surface area (Å²) in [6.07, 6.45) is 1.38. The predicted molar refractivity (Wildman–Crippen MR) is 134 cm³/mol. The number of nitrogens with zero attached hydrogens (tertiary/aromatic N) is 2. The van der Waals surface area contributed by atoms with Gasteiger partial charge in [0.15, 0.2) is 5.13 Å². The molecule has 10 heteroatoms. The number of methoxy groups -OCH3 is 1. The highest BCUT2D eigenvalue weighted by atomic mass is 32.1. The lowest BCUT2D eigenvalue weighted by atomic mass is 10.0. The van der Waals surface area contributed by atoms with Crippen molar-refractivity contribution in [1.29, 1.82) is 0 Å². The number of anilines is 2. The average molecular weight is 497 g/mol.